The molecule has 0 saturated carbocycles. The van der Waals surface area contributed by atoms with Crippen LogP contribution in [0.15, 0.2) is 0 Å². The minimum Gasteiger partial charge on any atom is -0.563 e. The van der Waals surface area contributed by atoms with Crippen molar-refractivity contribution in [1.29, 1.82) is 5.41 Å². The molecule has 6 nitrogen and oxygen atoms in total. The van der Waals surface area contributed by atoms with Crippen LogP contribution in [0.25, 0.3) is 0 Å². The molecule has 8 heavy (non-hydrogen) atoms. The largest absolute Gasteiger partial charge is 2.00 e. The third-order valence-corrected chi connectivity index (χ3v) is 0. The van der Waals surface area contributed by atoms with E-state index < -0.39 is 5.09 Å². The van der Waals surface area contributed by atoms with Gasteiger partial charge in [-0.2, -0.15) is 0 Å². The summed E-state index contributed by atoms with van der Waals surface area (Å²) in [5, 5.41) is 20.5. The molecule has 0 aliphatic carbocycles. The molecule has 0 saturated heterocycles. The third-order valence-electron chi connectivity index (χ3n) is 0. The van der Waals surface area contributed by atoms with Crippen LogP contribution in [0.1, 0.15) is 0 Å². The van der Waals surface area contributed by atoms with Crippen molar-refractivity contribution in [2.45, 2.75) is 0 Å². The van der Waals surface area contributed by atoms with Gasteiger partial charge in [0.05, 0.1) is 5.09 Å². The summed E-state index contributed by atoms with van der Waals surface area (Å²) in [5.74, 6) is 0. The van der Waals surface area contributed by atoms with Crippen LogP contribution in [0.4, 0.5) is 0 Å². The van der Waals surface area contributed by atoms with Crippen LogP contribution in [0.2, 0.25) is 0 Å². The standard InChI is InChI=1S/CH3N2.Cu.NO3/c2-1-3;;2-1(3)4/h(H3,2,3);;/q-1;+2;-1. The van der Waals surface area contributed by atoms with Crippen molar-refractivity contribution in [1.82, 2.24) is 0 Å². The molecule has 51 valence electrons. The third kappa shape index (κ3) is 139. The molecular weight excluding hydrogens is 166 g/mol. The van der Waals surface area contributed by atoms with Crippen LogP contribution in [0.3, 0.4) is 0 Å². The Hall–Kier alpha value is -0.811. The van der Waals surface area contributed by atoms with E-state index in [4.69, 9.17) is 20.7 Å². The maximum Gasteiger partial charge on any atom is 2.00 e. The van der Waals surface area contributed by atoms with E-state index in [0.29, 0.717) is 0 Å². The van der Waals surface area contributed by atoms with Gasteiger partial charge in [0.2, 0.25) is 0 Å². The first kappa shape index (κ1) is 15.7. The van der Waals surface area contributed by atoms with E-state index >= 15 is 0 Å². The average Bonchev–Trinajstić information content (AvgIpc) is 1.33. The second-order valence-electron chi connectivity index (χ2n) is 0.368. The molecule has 0 atom stereocenters. The molecular formula is CH3CuN3O3. The Labute approximate surface area is 55.8 Å². The summed E-state index contributed by atoms with van der Waals surface area (Å²) < 4.78 is 0. The molecule has 0 aromatic heterocycles. The molecule has 0 aromatic carbocycles. The fraction of sp³-hybridized carbons (Fsp3) is 0. The molecule has 0 spiro atoms. The number of nitrogens with two attached hydrogens (primary N) is 1. The number of nitrogens with zero attached hydrogens (tertiary/aromatic N) is 1. The fourth-order valence-corrected chi connectivity index (χ4v) is 0. The van der Waals surface area contributed by atoms with Gasteiger partial charge in [-0.3, -0.25) is 0 Å². The van der Waals surface area contributed by atoms with E-state index in [2.05, 4.69) is 5.73 Å². The zero-order valence-corrected chi connectivity index (χ0v) is 4.49. The first-order valence-corrected chi connectivity index (χ1v) is 1.09. The Morgan fingerprint density at radius 2 is 1.62 bits per heavy atom. The van der Waals surface area contributed by atoms with E-state index in [1.807, 2.05) is 0 Å². The maximum atomic E-state index is 8.25. The summed E-state index contributed by atoms with van der Waals surface area (Å²) >= 11 is 0. The van der Waals surface area contributed by atoms with Gasteiger partial charge in [-0.15, -0.1) is 0 Å². The predicted octanol–water partition coefficient (Wildman–Crippen LogP) is -0.812. The zero-order valence-electron chi connectivity index (χ0n) is 3.55. The molecule has 0 rings (SSSR count). The molecule has 7 heteroatoms. The summed E-state index contributed by atoms with van der Waals surface area (Å²) in [6.07, 6.45) is 1.50. The first-order chi connectivity index (χ1) is 3.15. The van der Waals surface area contributed by atoms with Gasteiger partial charge in [-0.25, -0.2) is 0 Å². The Morgan fingerprint density at radius 3 is 1.62 bits per heavy atom. The van der Waals surface area contributed by atoms with Crippen molar-refractivity contribution >= 4 is 6.34 Å². The minimum atomic E-state index is -1.75. The molecule has 0 aliphatic heterocycles. The second kappa shape index (κ2) is 16.4. The molecule has 0 aromatic rings. The average molecular weight is 169 g/mol. The van der Waals surface area contributed by atoms with E-state index in [1.165, 1.54) is 6.34 Å². The van der Waals surface area contributed by atoms with Crippen molar-refractivity contribution in [3.8, 4) is 0 Å². The Kier molecular flexibility index (Phi) is 32.1. The summed E-state index contributed by atoms with van der Waals surface area (Å²) in [5.41, 5.74) is 4.26. The predicted molar refractivity (Wildman–Crippen MR) is 22.3 cm³/mol. The Balaban J connectivity index is -0.0000000575. The Morgan fingerprint density at radius 1 is 1.62 bits per heavy atom. The SMILES string of the molecule is N=[C-]N.O=[N+]([O-])[O-].[Cu+2]. The van der Waals surface area contributed by atoms with Crippen LogP contribution in [-0.4, -0.2) is 11.4 Å². The van der Waals surface area contributed by atoms with Crippen LogP contribution in [0, 0.1) is 20.7 Å². The van der Waals surface area contributed by atoms with Gasteiger partial charge in [0.15, 0.2) is 0 Å². The van der Waals surface area contributed by atoms with Gasteiger partial charge in [0, 0.05) is 0 Å². The minimum absolute atomic E-state index is 0. The van der Waals surface area contributed by atoms with Crippen LogP contribution in [-0.2, 0) is 17.1 Å². The molecule has 3 N–H and O–H groups in total. The van der Waals surface area contributed by atoms with Gasteiger partial charge >= 0.3 is 17.1 Å². The van der Waals surface area contributed by atoms with Crippen molar-refractivity contribution in [3.63, 3.8) is 0 Å². The first-order valence-electron chi connectivity index (χ1n) is 1.09. The molecule has 0 heterocycles. The van der Waals surface area contributed by atoms with Gasteiger partial charge < -0.3 is 32.8 Å². The topological polar surface area (TPSA) is 116 Å². The van der Waals surface area contributed by atoms with Crippen molar-refractivity contribution in [3.05, 3.63) is 15.3 Å². The molecule has 1 radical (unpaired) electrons. The van der Waals surface area contributed by atoms with E-state index in [0.717, 1.165) is 0 Å². The molecule has 0 amide bonds. The second-order valence-corrected chi connectivity index (χ2v) is 0.368. The molecule has 0 aliphatic rings. The van der Waals surface area contributed by atoms with Gasteiger partial charge in [-0.05, 0) is 0 Å². The smallest absolute Gasteiger partial charge is 0.563 e. The van der Waals surface area contributed by atoms with Crippen molar-refractivity contribution in [2.24, 2.45) is 5.73 Å². The van der Waals surface area contributed by atoms with Crippen LogP contribution < -0.4 is 5.73 Å². The Bertz CT molecular complexity index is 61.5. The number of hydrogen-bond donors (Lipinski definition) is 2. The maximum absolute atomic E-state index is 8.25. The monoisotopic (exact) mass is 168 g/mol. The summed E-state index contributed by atoms with van der Waals surface area (Å²) in [7, 11) is 0. The number of nitrogens with one attached hydrogen (secondary N) is 1. The number of hydrogen-bond acceptors (Lipinski definition) is 4. The van der Waals surface area contributed by atoms with Gasteiger partial charge in [-0.1, -0.05) is 0 Å². The summed E-state index contributed by atoms with van der Waals surface area (Å²) in [6.45, 7) is 0. The van der Waals surface area contributed by atoms with E-state index in [-0.39, 0.29) is 17.1 Å². The molecule has 0 unspecified atom stereocenters. The van der Waals surface area contributed by atoms with E-state index in [9.17, 15) is 0 Å². The summed E-state index contributed by atoms with van der Waals surface area (Å²) in [6, 6.07) is 0. The fourth-order valence-electron chi connectivity index (χ4n) is 0. The zero-order chi connectivity index (χ0) is 6.28. The van der Waals surface area contributed by atoms with Gasteiger partial charge in [0.1, 0.15) is 0 Å². The molecule has 0 bridgehead atoms. The van der Waals surface area contributed by atoms with Gasteiger partial charge in [0.25, 0.3) is 0 Å². The summed E-state index contributed by atoms with van der Waals surface area (Å²) in [4.78, 5) is 8.25. The van der Waals surface area contributed by atoms with E-state index in [1.54, 1.807) is 0 Å². The van der Waals surface area contributed by atoms with Crippen LogP contribution in [0.5, 0.6) is 0 Å². The van der Waals surface area contributed by atoms with Crippen molar-refractivity contribution in [2.75, 3.05) is 0 Å². The molecule has 0 fully saturated rings. The van der Waals surface area contributed by atoms with Crippen LogP contribution >= 0.6 is 0 Å². The number of rotatable bonds is 0. The quantitative estimate of drug-likeness (QED) is 0.0936. The van der Waals surface area contributed by atoms with Crippen molar-refractivity contribution < 1.29 is 22.2 Å². The normalized spacial score (nSPS) is 4.50.